The molecule has 6 heteroatoms. The molecule has 0 nitrogen and oxygen atoms in total. The van der Waals surface area contributed by atoms with Gasteiger partial charge in [0.2, 0.25) is 0 Å². The maximum Gasteiger partial charge on any atom is 0.454 e. The third-order valence-corrected chi connectivity index (χ3v) is 2.91. The van der Waals surface area contributed by atoms with E-state index in [9.17, 15) is 22.0 Å². The molecule has 0 bridgehead atoms. The SMILES string of the molecule is FC(F)(F)C(F)(F)CSCc1ccccc1. The lowest BCUT2D eigenvalue weighted by Gasteiger charge is -2.18. The van der Waals surface area contributed by atoms with Crippen LogP contribution < -0.4 is 0 Å². The first-order chi connectivity index (χ1) is 7.33. The summed E-state index contributed by atoms with van der Waals surface area (Å²) in [6, 6.07) is 8.52. The van der Waals surface area contributed by atoms with Crippen molar-refractivity contribution < 1.29 is 22.0 Å². The molecule has 0 aliphatic heterocycles. The van der Waals surface area contributed by atoms with E-state index in [1.165, 1.54) is 0 Å². The summed E-state index contributed by atoms with van der Waals surface area (Å²) in [4.78, 5) is 0. The Balaban J connectivity index is 2.42. The van der Waals surface area contributed by atoms with E-state index in [1.54, 1.807) is 30.3 Å². The van der Waals surface area contributed by atoms with Gasteiger partial charge in [0.05, 0.1) is 5.75 Å². The molecule has 0 radical (unpaired) electrons. The second kappa shape index (κ2) is 5.03. The van der Waals surface area contributed by atoms with Gasteiger partial charge in [-0.25, -0.2) is 0 Å². The molecule has 0 spiro atoms. The van der Waals surface area contributed by atoms with Gasteiger partial charge in [0.25, 0.3) is 0 Å². The summed E-state index contributed by atoms with van der Waals surface area (Å²) >= 11 is 0.570. The molecule has 0 aromatic heterocycles. The average molecular weight is 256 g/mol. The smallest absolute Gasteiger partial charge is 0.195 e. The normalized spacial score (nSPS) is 12.8. The summed E-state index contributed by atoms with van der Waals surface area (Å²) in [5.41, 5.74) is 0.727. The molecule has 1 aromatic carbocycles. The van der Waals surface area contributed by atoms with Crippen molar-refractivity contribution >= 4 is 11.8 Å². The van der Waals surface area contributed by atoms with Crippen molar-refractivity contribution in [2.45, 2.75) is 17.9 Å². The van der Waals surface area contributed by atoms with E-state index in [0.717, 1.165) is 5.56 Å². The molecule has 0 aliphatic carbocycles. The molecule has 0 atom stereocenters. The van der Waals surface area contributed by atoms with Crippen molar-refractivity contribution in [1.82, 2.24) is 0 Å². The minimum atomic E-state index is -5.46. The van der Waals surface area contributed by atoms with Crippen molar-refractivity contribution in [2.75, 3.05) is 5.75 Å². The van der Waals surface area contributed by atoms with Crippen LogP contribution >= 0.6 is 11.8 Å². The maximum atomic E-state index is 12.5. The highest BCUT2D eigenvalue weighted by Gasteiger charge is 2.56. The molecule has 16 heavy (non-hydrogen) atoms. The second-order valence-electron chi connectivity index (χ2n) is 3.18. The van der Waals surface area contributed by atoms with Gasteiger partial charge in [-0.15, -0.1) is 0 Å². The fourth-order valence-electron chi connectivity index (χ4n) is 0.953. The van der Waals surface area contributed by atoms with E-state index in [1.807, 2.05) is 0 Å². The third kappa shape index (κ3) is 3.66. The predicted molar refractivity (Wildman–Crippen MR) is 53.6 cm³/mol. The number of hydrogen-bond donors (Lipinski definition) is 0. The molecule has 0 aliphatic rings. The quantitative estimate of drug-likeness (QED) is 0.730. The van der Waals surface area contributed by atoms with Crippen LogP contribution in [0.3, 0.4) is 0 Å². The molecule has 0 saturated heterocycles. The van der Waals surface area contributed by atoms with E-state index in [-0.39, 0.29) is 5.75 Å². The average Bonchev–Trinajstić information content (AvgIpc) is 2.17. The summed E-state index contributed by atoms with van der Waals surface area (Å²) in [6.45, 7) is 0. The second-order valence-corrected chi connectivity index (χ2v) is 4.17. The minimum Gasteiger partial charge on any atom is -0.195 e. The Hall–Kier alpha value is -0.780. The van der Waals surface area contributed by atoms with Crippen LogP contribution in [0, 0.1) is 0 Å². The van der Waals surface area contributed by atoms with Gasteiger partial charge in [-0.1, -0.05) is 30.3 Å². The summed E-state index contributed by atoms with van der Waals surface area (Å²) in [5.74, 6) is -5.72. The van der Waals surface area contributed by atoms with E-state index in [2.05, 4.69) is 0 Å². The number of thioether (sulfide) groups is 1. The van der Waals surface area contributed by atoms with Gasteiger partial charge in [0.15, 0.2) is 0 Å². The van der Waals surface area contributed by atoms with Gasteiger partial charge in [0.1, 0.15) is 0 Å². The Morgan fingerprint density at radius 2 is 1.50 bits per heavy atom. The first-order valence-corrected chi connectivity index (χ1v) is 5.54. The van der Waals surface area contributed by atoms with Crippen LogP contribution in [0.2, 0.25) is 0 Å². The summed E-state index contributed by atoms with van der Waals surface area (Å²) < 4.78 is 60.4. The molecule has 1 aromatic rings. The minimum absolute atomic E-state index is 0.145. The molecule has 1 rings (SSSR count). The van der Waals surface area contributed by atoms with Crippen LogP contribution in [0.15, 0.2) is 30.3 Å². The van der Waals surface area contributed by atoms with Gasteiger partial charge >= 0.3 is 12.1 Å². The Kier molecular flexibility index (Phi) is 4.18. The third-order valence-electron chi connectivity index (χ3n) is 1.81. The van der Waals surface area contributed by atoms with Crippen LogP contribution in [-0.4, -0.2) is 17.9 Å². The van der Waals surface area contributed by atoms with Gasteiger partial charge < -0.3 is 0 Å². The summed E-state index contributed by atoms with van der Waals surface area (Å²) in [5, 5.41) is 0. The van der Waals surface area contributed by atoms with Crippen LogP contribution in [0.25, 0.3) is 0 Å². The number of alkyl halides is 5. The Bertz CT molecular complexity index is 320. The van der Waals surface area contributed by atoms with Crippen LogP contribution in [-0.2, 0) is 5.75 Å². The van der Waals surface area contributed by atoms with Crippen molar-refractivity contribution in [3.8, 4) is 0 Å². The highest BCUT2D eigenvalue weighted by atomic mass is 32.2. The molecular weight excluding hydrogens is 247 g/mol. The lowest BCUT2D eigenvalue weighted by Crippen LogP contribution is -2.38. The number of halogens is 5. The van der Waals surface area contributed by atoms with Gasteiger partial charge in [-0.05, 0) is 5.56 Å². The van der Waals surface area contributed by atoms with E-state index in [4.69, 9.17) is 0 Å². The molecule has 0 saturated carbocycles. The fraction of sp³-hybridized carbons (Fsp3) is 0.400. The first-order valence-electron chi connectivity index (χ1n) is 4.39. The van der Waals surface area contributed by atoms with Crippen molar-refractivity contribution in [3.63, 3.8) is 0 Å². The van der Waals surface area contributed by atoms with Crippen molar-refractivity contribution in [1.29, 1.82) is 0 Å². The van der Waals surface area contributed by atoms with Crippen molar-refractivity contribution in [3.05, 3.63) is 35.9 Å². The molecule has 90 valence electrons. The van der Waals surface area contributed by atoms with Gasteiger partial charge in [0, 0.05) is 5.75 Å². The van der Waals surface area contributed by atoms with E-state index >= 15 is 0 Å². The number of rotatable bonds is 4. The lowest BCUT2D eigenvalue weighted by molar-refractivity contribution is -0.271. The molecule has 0 fully saturated rings. The Labute approximate surface area is 93.8 Å². The van der Waals surface area contributed by atoms with Crippen molar-refractivity contribution in [2.24, 2.45) is 0 Å². The van der Waals surface area contributed by atoms with Crippen LogP contribution in [0.4, 0.5) is 22.0 Å². The highest BCUT2D eigenvalue weighted by Crippen LogP contribution is 2.38. The van der Waals surface area contributed by atoms with Crippen LogP contribution in [0.5, 0.6) is 0 Å². The molecule has 0 unspecified atom stereocenters. The topological polar surface area (TPSA) is 0 Å². The molecule has 0 amide bonds. The maximum absolute atomic E-state index is 12.5. The zero-order chi connectivity index (χ0) is 12.2. The number of benzene rings is 1. The zero-order valence-corrected chi connectivity index (χ0v) is 8.92. The monoisotopic (exact) mass is 256 g/mol. The number of hydrogen-bond acceptors (Lipinski definition) is 1. The zero-order valence-electron chi connectivity index (χ0n) is 8.10. The van der Waals surface area contributed by atoms with E-state index in [0.29, 0.717) is 11.8 Å². The van der Waals surface area contributed by atoms with Crippen LogP contribution in [0.1, 0.15) is 5.56 Å². The Morgan fingerprint density at radius 1 is 0.938 bits per heavy atom. The lowest BCUT2D eigenvalue weighted by atomic mass is 10.2. The largest absolute Gasteiger partial charge is 0.454 e. The van der Waals surface area contributed by atoms with E-state index < -0.39 is 17.9 Å². The molecular formula is C10H9F5S. The van der Waals surface area contributed by atoms with Gasteiger partial charge in [-0.3, -0.25) is 0 Å². The predicted octanol–water partition coefficient (Wildman–Crippen LogP) is 4.12. The Morgan fingerprint density at radius 3 is 2.00 bits per heavy atom. The molecule has 0 heterocycles. The standard InChI is InChI=1S/C10H9F5S/c11-9(12,10(13,14)15)7-16-6-8-4-2-1-3-5-8/h1-5H,6-7H2. The fourth-order valence-corrected chi connectivity index (χ4v) is 1.90. The summed E-state index contributed by atoms with van der Waals surface area (Å²) in [6.07, 6.45) is -5.46. The summed E-state index contributed by atoms with van der Waals surface area (Å²) in [7, 11) is 0. The highest BCUT2D eigenvalue weighted by molar-refractivity contribution is 7.98. The van der Waals surface area contributed by atoms with Gasteiger partial charge in [-0.2, -0.15) is 33.7 Å². The molecule has 0 N–H and O–H groups in total. The first kappa shape index (κ1) is 13.3.